The predicted octanol–water partition coefficient (Wildman–Crippen LogP) is 0.990. The average Bonchev–Trinajstić information content (AvgIpc) is 3.23. The molecule has 1 saturated heterocycles. The number of amides is 2. The van der Waals surface area contributed by atoms with Crippen molar-refractivity contribution < 1.29 is 14.0 Å². The maximum atomic E-state index is 12.3. The Morgan fingerprint density at radius 1 is 1.41 bits per heavy atom. The Labute approximate surface area is 158 Å². The second kappa shape index (κ2) is 8.85. The number of carbonyl (C=O) groups excluding carboxylic acids is 2. The number of piperazine rings is 1. The lowest BCUT2D eigenvalue weighted by molar-refractivity contribution is -0.134. The number of carbonyl (C=O) groups is 2. The molecule has 1 unspecified atom stereocenters. The van der Waals surface area contributed by atoms with Crippen LogP contribution < -0.4 is 10.6 Å². The molecule has 1 atom stereocenters. The maximum Gasteiger partial charge on any atom is 0.237 e. The van der Waals surface area contributed by atoms with E-state index in [1.807, 2.05) is 41.6 Å². The number of rotatable bonds is 8. The van der Waals surface area contributed by atoms with E-state index in [9.17, 15) is 9.59 Å². The van der Waals surface area contributed by atoms with Crippen LogP contribution in [-0.2, 0) is 22.7 Å². The molecule has 2 aromatic heterocycles. The van der Waals surface area contributed by atoms with Gasteiger partial charge in [-0.3, -0.25) is 14.5 Å². The lowest BCUT2D eigenvalue weighted by Gasteiger charge is -2.34. The summed E-state index contributed by atoms with van der Waals surface area (Å²) in [6, 6.07) is 3.35. The molecule has 0 radical (unpaired) electrons. The van der Waals surface area contributed by atoms with E-state index in [2.05, 4.69) is 15.6 Å². The molecule has 2 N–H and O–H groups in total. The van der Waals surface area contributed by atoms with Crippen LogP contribution in [0.15, 0.2) is 28.9 Å². The smallest absolute Gasteiger partial charge is 0.237 e. The van der Waals surface area contributed by atoms with Crippen LogP contribution in [0.25, 0.3) is 0 Å². The van der Waals surface area contributed by atoms with E-state index in [1.165, 1.54) is 0 Å². The second-order valence-electron chi connectivity index (χ2n) is 6.87. The quantitative estimate of drug-likeness (QED) is 0.673. The van der Waals surface area contributed by atoms with Gasteiger partial charge in [0, 0.05) is 38.6 Å². The number of aryl methyl sites for hydroxylation is 3. The van der Waals surface area contributed by atoms with E-state index in [4.69, 9.17) is 4.42 Å². The Morgan fingerprint density at radius 3 is 2.96 bits per heavy atom. The second-order valence-corrected chi connectivity index (χ2v) is 6.87. The minimum atomic E-state index is -0.472. The van der Waals surface area contributed by atoms with Crippen LogP contribution in [-0.4, -0.2) is 51.9 Å². The lowest BCUT2D eigenvalue weighted by atomic mass is 10.1. The van der Waals surface area contributed by atoms with E-state index in [0.29, 0.717) is 26.2 Å². The summed E-state index contributed by atoms with van der Waals surface area (Å²) in [5.74, 6) is 2.40. The molecular formula is C19H27N5O3. The van der Waals surface area contributed by atoms with Gasteiger partial charge in [0.2, 0.25) is 11.8 Å². The monoisotopic (exact) mass is 373 g/mol. The van der Waals surface area contributed by atoms with E-state index < -0.39 is 6.04 Å². The largest absolute Gasteiger partial charge is 0.465 e. The summed E-state index contributed by atoms with van der Waals surface area (Å²) in [7, 11) is 0. The van der Waals surface area contributed by atoms with E-state index in [-0.39, 0.29) is 18.2 Å². The molecule has 3 rings (SSSR count). The number of imidazole rings is 1. The van der Waals surface area contributed by atoms with Crippen molar-refractivity contribution in [2.24, 2.45) is 0 Å². The fourth-order valence-electron chi connectivity index (χ4n) is 3.31. The summed E-state index contributed by atoms with van der Waals surface area (Å²) in [5.41, 5.74) is 0. The minimum absolute atomic E-state index is 0.103. The molecule has 0 aromatic carbocycles. The Balaban J connectivity index is 1.47. The van der Waals surface area contributed by atoms with Gasteiger partial charge < -0.3 is 19.6 Å². The predicted molar refractivity (Wildman–Crippen MR) is 99.9 cm³/mol. The van der Waals surface area contributed by atoms with Gasteiger partial charge in [0.1, 0.15) is 17.3 Å². The Hall–Kier alpha value is -2.61. The van der Waals surface area contributed by atoms with Crippen molar-refractivity contribution in [2.75, 3.05) is 19.6 Å². The first-order valence-corrected chi connectivity index (χ1v) is 9.34. The van der Waals surface area contributed by atoms with Crippen molar-refractivity contribution in [3.05, 3.63) is 41.9 Å². The van der Waals surface area contributed by atoms with Crippen LogP contribution in [0.5, 0.6) is 0 Å². The molecular weight excluding hydrogens is 346 g/mol. The van der Waals surface area contributed by atoms with E-state index in [0.717, 1.165) is 30.3 Å². The summed E-state index contributed by atoms with van der Waals surface area (Å²) in [4.78, 5) is 30.8. The molecule has 8 nitrogen and oxygen atoms in total. The molecule has 0 saturated carbocycles. The molecule has 1 fully saturated rings. The Kier molecular flexibility index (Phi) is 6.28. The first kappa shape index (κ1) is 19.2. The molecule has 0 spiro atoms. The average molecular weight is 373 g/mol. The molecule has 146 valence electrons. The topological polar surface area (TPSA) is 92.4 Å². The number of aromatic nitrogens is 2. The van der Waals surface area contributed by atoms with Crippen molar-refractivity contribution in [2.45, 2.75) is 45.8 Å². The van der Waals surface area contributed by atoms with Crippen molar-refractivity contribution in [1.29, 1.82) is 0 Å². The third kappa shape index (κ3) is 5.19. The zero-order chi connectivity index (χ0) is 19.2. The highest BCUT2D eigenvalue weighted by molar-refractivity contribution is 5.88. The van der Waals surface area contributed by atoms with Crippen LogP contribution in [0, 0.1) is 13.8 Å². The summed E-state index contributed by atoms with van der Waals surface area (Å²) < 4.78 is 7.67. The molecule has 2 amide bonds. The zero-order valence-electron chi connectivity index (χ0n) is 15.9. The molecule has 8 heteroatoms. The third-order valence-corrected chi connectivity index (χ3v) is 4.80. The molecule has 27 heavy (non-hydrogen) atoms. The van der Waals surface area contributed by atoms with Gasteiger partial charge in [-0.25, -0.2) is 4.98 Å². The number of nitrogens with zero attached hydrogens (tertiary/aromatic N) is 3. The first-order chi connectivity index (χ1) is 13.0. The summed E-state index contributed by atoms with van der Waals surface area (Å²) in [6.07, 6.45) is 4.66. The highest BCUT2D eigenvalue weighted by Crippen LogP contribution is 2.15. The SMILES string of the molecule is Cc1ccc(CN2CCNC(=O)C2CC(=O)NCCCn2ccnc2C)o1. The van der Waals surface area contributed by atoms with Crippen LogP contribution in [0.1, 0.15) is 30.2 Å². The molecule has 1 aliphatic rings. The highest BCUT2D eigenvalue weighted by Gasteiger charge is 2.32. The minimum Gasteiger partial charge on any atom is -0.465 e. The van der Waals surface area contributed by atoms with Gasteiger partial charge in [-0.15, -0.1) is 0 Å². The normalized spacial score (nSPS) is 17.7. The van der Waals surface area contributed by atoms with Crippen molar-refractivity contribution >= 4 is 11.8 Å². The number of nitrogens with one attached hydrogen (secondary N) is 2. The Morgan fingerprint density at radius 2 is 2.26 bits per heavy atom. The zero-order valence-corrected chi connectivity index (χ0v) is 15.9. The van der Waals surface area contributed by atoms with Gasteiger partial charge in [-0.05, 0) is 32.4 Å². The van der Waals surface area contributed by atoms with E-state index in [1.54, 1.807) is 6.20 Å². The number of hydrogen-bond donors (Lipinski definition) is 2. The van der Waals surface area contributed by atoms with E-state index >= 15 is 0 Å². The Bertz CT molecular complexity index is 782. The third-order valence-electron chi connectivity index (χ3n) is 4.80. The van der Waals surface area contributed by atoms with Gasteiger partial charge in [-0.1, -0.05) is 0 Å². The van der Waals surface area contributed by atoms with Crippen LogP contribution in [0.3, 0.4) is 0 Å². The van der Waals surface area contributed by atoms with Crippen molar-refractivity contribution in [1.82, 2.24) is 25.1 Å². The molecule has 0 aliphatic carbocycles. The van der Waals surface area contributed by atoms with Gasteiger partial charge in [0.15, 0.2) is 0 Å². The fraction of sp³-hybridized carbons (Fsp3) is 0.526. The summed E-state index contributed by atoms with van der Waals surface area (Å²) in [5, 5.41) is 5.77. The van der Waals surface area contributed by atoms with Crippen molar-refractivity contribution in [3.63, 3.8) is 0 Å². The summed E-state index contributed by atoms with van der Waals surface area (Å²) in [6.45, 7) is 7.03. The fourth-order valence-corrected chi connectivity index (χ4v) is 3.31. The molecule has 2 aromatic rings. The van der Waals surface area contributed by atoms with Crippen LogP contribution in [0.2, 0.25) is 0 Å². The van der Waals surface area contributed by atoms with Crippen LogP contribution >= 0.6 is 0 Å². The first-order valence-electron chi connectivity index (χ1n) is 9.34. The molecule has 0 bridgehead atoms. The molecule has 3 heterocycles. The maximum absolute atomic E-state index is 12.3. The highest BCUT2D eigenvalue weighted by atomic mass is 16.3. The van der Waals surface area contributed by atoms with Gasteiger partial charge in [0.05, 0.1) is 19.0 Å². The number of furan rings is 1. The summed E-state index contributed by atoms with van der Waals surface area (Å²) >= 11 is 0. The van der Waals surface area contributed by atoms with Crippen LogP contribution in [0.4, 0.5) is 0 Å². The lowest BCUT2D eigenvalue weighted by Crippen LogP contribution is -2.56. The standard InChI is InChI=1S/C19H27N5O3/c1-14-4-5-16(27-14)13-24-11-8-22-19(26)17(24)12-18(25)21-6-3-9-23-10-7-20-15(23)2/h4-5,7,10,17H,3,6,8-9,11-13H2,1-2H3,(H,21,25)(H,22,26). The van der Waals surface area contributed by atoms with Gasteiger partial charge >= 0.3 is 0 Å². The van der Waals surface area contributed by atoms with Crippen molar-refractivity contribution in [3.8, 4) is 0 Å². The van der Waals surface area contributed by atoms with Gasteiger partial charge in [0.25, 0.3) is 0 Å². The number of hydrogen-bond acceptors (Lipinski definition) is 5. The van der Waals surface area contributed by atoms with Gasteiger partial charge in [-0.2, -0.15) is 0 Å². The molecule has 1 aliphatic heterocycles.